The molecule has 2 saturated heterocycles. The molecule has 2 aliphatic heterocycles. The number of nitrogens with zero attached hydrogens (tertiary/aromatic N) is 1. The molecule has 2 unspecified atom stereocenters. The molecule has 0 saturated carbocycles. The number of carbonyl (C=O) groups is 1. The number of benzene rings is 1. The summed E-state index contributed by atoms with van der Waals surface area (Å²) in [5.41, 5.74) is 1.33. The van der Waals surface area contributed by atoms with Gasteiger partial charge in [0.1, 0.15) is 0 Å². The fraction of sp³-hybridized carbons (Fsp3) is 0.588. The van der Waals surface area contributed by atoms with E-state index in [0.717, 1.165) is 39.2 Å². The lowest BCUT2D eigenvalue weighted by atomic mass is 10.1. The first-order valence-corrected chi connectivity index (χ1v) is 8.16. The van der Waals surface area contributed by atoms with E-state index in [2.05, 4.69) is 39.8 Å². The smallest absolute Gasteiger partial charge is 0.221 e. The maximum Gasteiger partial charge on any atom is 0.221 e. The van der Waals surface area contributed by atoms with Gasteiger partial charge in [0, 0.05) is 44.7 Å². The summed E-state index contributed by atoms with van der Waals surface area (Å²) in [6.07, 6.45) is 1.54. The molecule has 2 atom stereocenters. The number of ether oxygens (including phenoxy) is 1. The zero-order chi connectivity index (χ0) is 15.2. The molecule has 1 aromatic rings. The van der Waals surface area contributed by atoms with Crippen LogP contribution in [0.2, 0.25) is 0 Å². The third-order valence-corrected chi connectivity index (χ3v) is 4.32. The number of hydrogen-bond acceptors (Lipinski definition) is 4. The molecule has 0 aromatic heterocycles. The van der Waals surface area contributed by atoms with Crippen LogP contribution in [-0.2, 0) is 16.1 Å². The van der Waals surface area contributed by atoms with Crippen molar-refractivity contribution in [3.8, 4) is 0 Å². The SMILES string of the molecule is O=C(CC1COCCN1)NC1CCN(Cc2ccccc2)C1. The van der Waals surface area contributed by atoms with Crippen LogP contribution in [-0.4, -0.2) is 55.7 Å². The molecular weight excluding hydrogens is 278 g/mol. The maximum atomic E-state index is 12.1. The lowest BCUT2D eigenvalue weighted by molar-refractivity contribution is -0.122. The van der Waals surface area contributed by atoms with Crippen molar-refractivity contribution in [1.82, 2.24) is 15.5 Å². The molecule has 0 radical (unpaired) electrons. The average molecular weight is 303 g/mol. The Morgan fingerprint density at radius 1 is 1.36 bits per heavy atom. The van der Waals surface area contributed by atoms with Gasteiger partial charge in [-0.25, -0.2) is 0 Å². The van der Waals surface area contributed by atoms with Crippen molar-refractivity contribution in [2.24, 2.45) is 0 Å². The highest BCUT2D eigenvalue weighted by atomic mass is 16.5. The monoisotopic (exact) mass is 303 g/mol. The molecule has 5 nitrogen and oxygen atoms in total. The number of carbonyl (C=O) groups excluding carboxylic acids is 1. The summed E-state index contributed by atoms with van der Waals surface area (Å²) < 4.78 is 5.39. The van der Waals surface area contributed by atoms with Gasteiger partial charge in [-0.15, -0.1) is 0 Å². The van der Waals surface area contributed by atoms with Crippen molar-refractivity contribution < 1.29 is 9.53 Å². The minimum atomic E-state index is 0.134. The van der Waals surface area contributed by atoms with Gasteiger partial charge in [0.2, 0.25) is 5.91 Å². The van der Waals surface area contributed by atoms with E-state index in [9.17, 15) is 4.79 Å². The Hall–Kier alpha value is -1.43. The molecule has 0 aliphatic carbocycles. The first-order valence-electron chi connectivity index (χ1n) is 8.16. The predicted octanol–water partition coefficient (Wildman–Crippen LogP) is 0.756. The standard InChI is InChI=1S/C17H25N3O2/c21-17(10-16-13-22-9-7-18-16)19-15-6-8-20(12-15)11-14-4-2-1-3-5-14/h1-5,15-16,18H,6-13H2,(H,19,21). The minimum absolute atomic E-state index is 0.134. The second kappa shape index (κ2) is 7.72. The zero-order valence-electron chi connectivity index (χ0n) is 13.0. The predicted molar refractivity (Wildman–Crippen MR) is 85.5 cm³/mol. The van der Waals surface area contributed by atoms with Crippen LogP contribution in [0.3, 0.4) is 0 Å². The molecule has 2 heterocycles. The van der Waals surface area contributed by atoms with Crippen molar-refractivity contribution >= 4 is 5.91 Å². The first kappa shape index (κ1) is 15.5. The molecule has 0 bridgehead atoms. The topological polar surface area (TPSA) is 53.6 Å². The number of morpholine rings is 1. The zero-order valence-corrected chi connectivity index (χ0v) is 13.0. The summed E-state index contributed by atoms with van der Waals surface area (Å²) in [4.78, 5) is 14.5. The molecule has 2 fully saturated rings. The van der Waals surface area contributed by atoms with E-state index in [1.54, 1.807) is 0 Å². The Morgan fingerprint density at radius 3 is 3.00 bits per heavy atom. The van der Waals surface area contributed by atoms with E-state index >= 15 is 0 Å². The fourth-order valence-electron chi connectivity index (χ4n) is 3.20. The number of likely N-dealkylation sites (tertiary alicyclic amines) is 1. The quantitative estimate of drug-likeness (QED) is 0.843. The number of hydrogen-bond donors (Lipinski definition) is 2. The van der Waals surface area contributed by atoms with Crippen molar-refractivity contribution in [3.63, 3.8) is 0 Å². The second-order valence-electron chi connectivity index (χ2n) is 6.20. The van der Waals surface area contributed by atoms with E-state index in [4.69, 9.17) is 4.74 Å². The minimum Gasteiger partial charge on any atom is -0.378 e. The first-order chi connectivity index (χ1) is 10.8. The molecule has 120 valence electrons. The van der Waals surface area contributed by atoms with Crippen LogP contribution in [0, 0.1) is 0 Å². The van der Waals surface area contributed by atoms with E-state index in [1.165, 1.54) is 5.56 Å². The van der Waals surface area contributed by atoms with Gasteiger partial charge in [0.15, 0.2) is 0 Å². The Morgan fingerprint density at radius 2 is 2.23 bits per heavy atom. The largest absolute Gasteiger partial charge is 0.378 e. The molecule has 0 spiro atoms. The van der Waals surface area contributed by atoms with Gasteiger partial charge < -0.3 is 15.4 Å². The van der Waals surface area contributed by atoms with E-state index in [-0.39, 0.29) is 18.0 Å². The van der Waals surface area contributed by atoms with Gasteiger partial charge >= 0.3 is 0 Å². The van der Waals surface area contributed by atoms with E-state index in [1.807, 2.05) is 6.07 Å². The highest BCUT2D eigenvalue weighted by Gasteiger charge is 2.25. The molecule has 5 heteroatoms. The highest BCUT2D eigenvalue weighted by molar-refractivity contribution is 5.77. The van der Waals surface area contributed by atoms with Crippen LogP contribution >= 0.6 is 0 Å². The van der Waals surface area contributed by atoms with Crippen LogP contribution < -0.4 is 10.6 Å². The van der Waals surface area contributed by atoms with Gasteiger partial charge in [-0.3, -0.25) is 9.69 Å². The van der Waals surface area contributed by atoms with Crippen LogP contribution in [0.25, 0.3) is 0 Å². The lowest BCUT2D eigenvalue weighted by Crippen LogP contribution is -2.46. The Bertz CT molecular complexity index is 474. The summed E-state index contributed by atoms with van der Waals surface area (Å²) >= 11 is 0. The van der Waals surface area contributed by atoms with E-state index < -0.39 is 0 Å². The Labute approximate surface area is 132 Å². The third-order valence-electron chi connectivity index (χ3n) is 4.32. The average Bonchev–Trinajstić information content (AvgIpc) is 2.96. The Balaban J connectivity index is 1.39. The van der Waals surface area contributed by atoms with Crippen LogP contribution in [0.4, 0.5) is 0 Å². The molecule has 2 N–H and O–H groups in total. The van der Waals surface area contributed by atoms with Gasteiger partial charge in [-0.05, 0) is 12.0 Å². The van der Waals surface area contributed by atoms with Crippen molar-refractivity contribution in [2.75, 3.05) is 32.8 Å². The highest BCUT2D eigenvalue weighted by Crippen LogP contribution is 2.13. The van der Waals surface area contributed by atoms with Gasteiger partial charge in [0.05, 0.1) is 13.2 Å². The van der Waals surface area contributed by atoms with Crippen molar-refractivity contribution in [2.45, 2.75) is 31.5 Å². The molecule has 1 amide bonds. The summed E-state index contributed by atoms with van der Waals surface area (Å²) in [6, 6.07) is 10.9. The second-order valence-corrected chi connectivity index (χ2v) is 6.20. The van der Waals surface area contributed by atoms with Crippen molar-refractivity contribution in [1.29, 1.82) is 0 Å². The van der Waals surface area contributed by atoms with Crippen LogP contribution in [0.1, 0.15) is 18.4 Å². The van der Waals surface area contributed by atoms with Gasteiger partial charge in [0.25, 0.3) is 0 Å². The normalized spacial score (nSPS) is 26.0. The Kier molecular flexibility index (Phi) is 5.43. The number of amides is 1. The third kappa shape index (κ3) is 4.53. The number of rotatable bonds is 5. The van der Waals surface area contributed by atoms with Gasteiger partial charge in [-0.1, -0.05) is 30.3 Å². The molecule has 1 aromatic carbocycles. The van der Waals surface area contributed by atoms with Crippen LogP contribution in [0.5, 0.6) is 0 Å². The summed E-state index contributed by atoms with van der Waals surface area (Å²) in [7, 11) is 0. The summed E-state index contributed by atoms with van der Waals surface area (Å²) in [5, 5.41) is 6.49. The van der Waals surface area contributed by atoms with E-state index in [0.29, 0.717) is 13.0 Å². The number of nitrogens with one attached hydrogen (secondary N) is 2. The van der Waals surface area contributed by atoms with Crippen molar-refractivity contribution in [3.05, 3.63) is 35.9 Å². The molecule has 2 aliphatic rings. The summed E-state index contributed by atoms with van der Waals surface area (Å²) in [5.74, 6) is 0.134. The maximum absolute atomic E-state index is 12.1. The fourth-order valence-corrected chi connectivity index (χ4v) is 3.20. The van der Waals surface area contributed by atoms with Crippen LogP contribution in [0.15, 0.2) is 30.3 Å². The molecule has 3 rings (SSSR count). The van der Waals surface area contributed by atoms with Gasteiger partial charge in [-0.2, -0.15) is 0 Å². The lowest BCUT2D eigenvalue weighted by Gasteiger charge is -2.24. The molecular formula is C17H25N3O2. The molecule has 22 heavy (non-hydrogen) atoms. The summed E-state index contributed by atoms with van der Waals surface area (Å²) in [6.45, 7) is 5.17.